The molecule has 3 nitrogen and oxygen atoms in total. The zero-order valence-electron chi connectivity index (χ0n) is 16.5. The maximum Gasteiger partial charge on any atom is 0.242 e. The Morgan fingerprint density at radius 3 is 2.57 bits per heavy atom. The van der Waals surface area contributed by atoms with Crippen LogP contribution >= 0.6 is 11.8 Å². The fourth-order valence-electron chi connectivity index (χ4n) is 4.51. The molecular formula is C24H24N2OS. The zero-order valence-corrected chi connectivity index (χ0v) is 17.3. The number of aliphatic imine (C=N–C) groups is 1. The van der Waals surface area contributed by atoms with Gasteiger partial charge in [-0.3, -0.25) is 9.69 Å². The van der Waals surface area contributed by atoms with Gasteiger partial charge in [0.2, 0.25) is 5.91 Å². The molecule has 0 spiro atoms. The predicted octanol–water partition coefficient (Wildman–Crippen LogP) is 5.43. The summed E-state index contributed by atoms with van der Waals surface area (Å²) in [6, 6.07) is 15.3. The molecule has 1 saturated heterocycles. The smallest absolute Gasteiger partial charge is 0.242 e. The number of hydrogen-bond donors (Lipinski definition) is 0. The van der Waals surface area contributed by atoms with E-state index in [1.807, 2.05) is 11.8 Å². The molecule has 2 aliphatic heterocycles. The summed E-state index contributed by atoms with van der Waals surface area (Å²) in [5, 5.41) is 0.781. The second-order valence-corrected chi connectivity index (χ2v) is 9.37. The van der Waals surface area contributed by atoms with E-state index in [0.717, 1.165) is 30.1 Å². The third-order valence-corrected chi connectivity index (χ3v) is 7.03. The Balaban J connectivity index is 1.75. The van der Waals surface area contributed by atoms with Crippen LogP contribution in [0.3, 0.4) is 0 Å². The number of rotatable bonds is 1. The molecule has 142 valence electrons. The summed E-state index contributed by atoms with van der Waals surface area (Å²) < 4.78 is 0. The Hall–Kier alpha value is -2.33. The largest absolute Gasteiger partial charge is 0.279 e. The van der Waals surface area contributed by atoms with Gasteiger partial charge in [0.25, 0.3) is 0 Å². The molecule has 2 heterocycles. The van der Waals surface area contributed by atoms with E-state index in [1.54, 1.807) is 11.8 Å². The van der Waals surface area contributed by atoms with Gasteiger partial charge in [-0.1, -0.05) is 59.3 Å². The molecular weight excluding hydrogens is 364 g/mol. The highest BCUT2D eigenvalue weighted by Gasteiger charge is 2.45. The second kappa shape index (κ2) is 6.63. The van der Waals surface area contributed by atoms with Gasteiger partial charge in [0.15, 0.2) is 5.17 Å². The minimum absolute atomic E-state index is 0.0421. The Labute approximate surface area is 170 Å². The summed E-state index contributed by atoms with van der Waals surface area (Å²) >= 11 is 1.59. The molecule has 2 atom stereocenters. The monoisotopic (exact) mass is 388 g/mol. The maximum atomic E-state index is 13.1. The van der Waals surface area contributed by atoms with Gasteiger partial charge in [0.05, 0.1) is 17.0 Å². The summed E-state index contributed by atoms with van der Waals surface area (Å²) in [6.45, 7) is 6.23. The van der Waals surface area contributed by atoms with Crippen LogP contribution in [0.15, 0.2) is 53.0 Å². The van der Waals surface area contributed by atoms with Crippen LogP contribution in [0.2, 0.25) is 0 Å². The number of benzene rings is 2. The van der Waals surface area contributed by atoms with Gasteiger partial charge in [-0.15, -0.1) is 0 Å². The lowest BCUT2D eigenvalue weighted by Crippen LogP contribution is -2.38. The molecule has 0 saturated carbocycles. The Morgan fingerprint density at radius 2 is 1.79 bits per heavy atom. The summed E-state index contributed by atoms with van der Waals surface area (Å²) in [4.78, 5) is 20.1. The van der Waals surface area contributed by atoms with Crippen LogP contribution in [-0.4, -0.2) is 21.2 Å². The molecule has 0 aromatic heterocycles. The first-order chi connectivity index (χ1) is 13.5. The van der Waals surface area contributed by atoms with Gasteiger partial charge in [0, 0.05) is 5.56 Å². The van der Waals surface area contributed by atoms with Crippen molar-refractivity contribution in [1.82, 2.24) is 4.90 Å². The molecule has 1 fully saturated rings. The summed E-state index contributed by atoms with van der Waals surface area (Å²) in [6.07, 6.45) is 3.12. The van der Waals surface area contributed by atoms with Crippen molar-refractivity contribution in [3.05, 3.63) is 75.9 Å². The number of thioether (sulfide) groups is 1. The molecule has 4 heteroatoms. The first kappa shape index (κ1) is 17.7. The van der Waals surface area contributed by atoms with Crippen LogP contribution < -0.4 is 0 Å². The van der Waals surface area contributed by atoms with Crippen molar-refractivity contribution < 1.29 is 4.79 Å². The van der Waals surface area contributed by atoms with Crippen molar-refractivity contribution in [3.8, 4) is 0 Å². The number of nitrogens with zero attached hydrogens (tertiary/aromatic N) is 2. The van der Waals surface area contributed by atoms with Crippen molar-refractivity contribution in [2.24, 2.45) is 4.99 Å². The van der Waals surface area contributed by atoms with Crippen molar-refractivity contribution in [2.75, 3.05) is 0 Å². The van der Waals surface area contributed by atoms with Gasteiger partial charge >= 0.3 is 0 Å². The van der Waals surface area contributed by atoms with Crippen LogP contribution in [0.25, 0.3) is 5.70 Å². The molecule has 0 radical (unpaired) electrons. The molecule has 28 heavy (non-hydrogen) atoms. The third-order valence-electron chi connectivity index (χ3n) is 5.98. The zero-order chi connectivity index (χ0) is 19.4. The Bertz CT molecular complexity index is 1040. The van der Waals surface area contributed by atoms with Crippen LogP contribution in [0, 0.1) is 13.8 Å². The topological polar surface area (TPSA) is 32.7 Å². The van der Waals surface area contributed by atoms with E-state index >= 15 is 0 Å². The van der Waals surface area contributed by atoms with E-state index in [0.29, 0.717) is 0 Å². The SMILES string of the molecule is Cc1ccc(C2C3=C(N=C4SC(C)C(=O)N42)c2cc(C)ccc2CCC3)cc1. The lowest BCUT2D eigenvalue weighted by atomic mass is 9.89. The highest BCUT2D eigenvalue weighted by atomic mass is 32.2. The second-order valence-electron chi connectivity index (χ2n) is 8.06. The standard InChI is InChI=1S/C24H24N2OS/c1-14-7-11-18(12-8-14)22-19-6-4-5-17-10-9-15(2)13-20(17)21(19)25-24-26(22)23(27)16(3)28-24/h7-13,16,22H,4-6H2,1-3H3. The van der Waals surface area contributed by atoms with Crippen molar-refractivity contribution in [3.63, 3.8) is 0 Å². The van der Waals surface area contributed by atoms with Crippen LogP contribution in [0.1, 0.15) is 53.6 Å². The molecule has 1 aliphatic carbocycles. The van der Waals surface area contributed by atoms with E-state index in [1.165, 1.54) is 33.4 Å². The summed E-state index contributed by atoms with van der Waals surface area (Å²) in [7, 11) is 0. The fraction of sp³-hybridized carbons (Fsp3) is 0.333. The van der Waals surface area contributed by atoms with Crippen LogP contribution in [0.4, 0.5) is 0 Å². The maximum absolute atomic E-state index is 13.1. The normalized spacial score (nSPS) is 23.8. The molecule has 1 amide bonds. The van der Waals surface area contributed by atoms with Gasteiger partial charge in [-0.2, -0.15) is 0 Å². The van der Waals surface area contributed by atoms with Crippen molar-refractivity contribution in [1.29, 1.82) is 0 Å². The van der Waals surface area contributed by atoms with E-state index in [4.69, 9.17) is 4.99 Å². The molecule has 2 aromatic carbocycles. The summed E-state index contributed by atoms with van der Waals surface area (Å²) in [5.41, 5.74) is 8.69. The molecule has 2 unspecified atom stereocenters. The Kier molecular flexibility index (Phi) is 4.20. The minimum Gasteiger partial charge on any atom is -0.279 e. The van der Waals surface area contributed by atoms with Gasteiger partial charge in [0.1, 0.15) is 0 Å². The average molecular weight is 389 g/mol. The molecule has 2 aromatic rings. The fourth-order valence-corrected chi connectivity index (χ4v) is 5.50. The number of amides is 1. The first-order valence-electron chi connectivity index (χ1n) is 10.0. The minimum atomic E-state index is -0.0766. The highest BCUT2D eigenvalue weighted by Crippen LogP contribution is 2.48. The third kappa shape index (κ3) is 2.74. The number of aryl methyl sites for hydroxylation is 3. The van der Waals surface area contributed by atoms with Crippen molar-refractivity contribution in [2.45, 2.75) is 51.3 Å². The molecule has 5 rings (SSSR count). The number of amidine groups is 1. The summed E-state index contributed by atoms with van der Waals surface area (Å²) in [5.74, 6) is 0.176. The van der Waals surface area contributed by atoms with Gasteiger partial charge < -0.3 is 0 Å². The van der Waals surface area contributed by atoms with E-state index in [2.05, 4.69) is 56.3 Å². The lowest BCUT2D eigenvalue weighted by molar-refractivity contribution is -0.127. The molecule has 3 aliphatic rings. The lowest BCUT2D eigenvalue weighted by Gasteiger charge is -2.34. The van der Waals surface area contributed by atoms with Crippen LogP contribution in [-0.2, 0) is 11.2 Å². The number of carbonyl (C=O) groups is 1. The van der Waals surface area contributed by atoms with Crippen LogP contribution in [0.5, 0.6) is 0 Å². The molecule has 0 bridgehead atoms. The van der Waals surface area contributed by atoms with Gasteiger partial charge in [-0.25, -0.2) is 4.99 Å². The van der Waals surface area contributed by atoms with Gasteiger partial charge in [-0.05, 0) is 62.8 Å². The Morgan fingerprint density at radius 1 is 1.04 bits per heavy atom. The van der Waals surface area contributed by atoms with Crippen molar-refractivity contribution >= 4 is 28.5 Å². The van der Waals surface area contributed by atoms with E-state index in [-0.39, 0.29) is 17.2 Å². The number of carbonyl (C=O) groups excluding carboxylic acids is 1. The number of hydrogen-bond acceptors (Lipinski definition) is 3. The highest BCUT2D eigenvalue weighted by molar-refractivity contribution is 8.15. The molecule has 0 N–H and O–H groups in total. The number of fused-ring (bicyclic) bond motifs is 3. The first-order valence-corrected chi connectivity index (χ1v) is 10.9. The average Bonchev–Trinajstić information content (AvgIpc) is 2.85. The van der Waals surface area contributed by atoms with E-state index < -0.39 is 0 Å². The van der Waals surface area contributed by atoms with E-state index in [9.17, 15) is 4.79 Å². The predicted molar refractivity (Wildman–Crippen MR) is 116 cm³/mol. The quantitative estimate of drug-likeness (QED) is 0.653.